The molecule has 0 aliphatic carbocycles. The van der Waals surface area contributed by atoms with E-state index in [0.717, 1.165) is 51.3 Å². The highest BCUT2D eigenvalue weighted by molar-refractivity contribution is 5.11. The quantitative estimate of drug-likeness (QED) is 0.837. The largest absolute Gasteiger partial charge is 0.372 e. The zero-order valence-corrected chi connectivity index (χ0v) is 14.8. The van der Waals surface area contributed by atoms with Gasteiger partial charge in [0.25, 0.3) is 0 Å². The lowest BCUT2D eigenvalue weighted by Gasteiger charge is -2.26. The molecule has 0 saturated carbocycles. The molecule has 132 valence electrons. The average molecular weight is 338 g/mol. The molecule has 2 aromatic heterocycles. The van der Waals surface area contributed by atoms with Crippen molar-refractivity contribution >= 4 is 0 Å². The summed E-state index contributed by atoms with van der Waals surface area (Å²) in [5.74, 6) is 0. The smallest absolute Gasteiger partial charge is 0.0837 e. The lowest BCUT2D eigenvalue weighted by atomic mass is 9.96. The van der Waals surface area contributed by atoms with E-state index in [9.17, 15) is 0 Å². The highest BCUT2D eigenvalue weighted by Gasteiger charge is 2.46. The van der Waals surface area contributed by atoms with Gasteiger partial charge in [-0.15, -0.1) is 0 Å². The third kappa shape index (κ3) is 3.89. The van der Waals surface area contributed by atoms with Crippen molar-refractivity contribution in [1.29, 1.82) is 0 Å². The van der Waals surface area contributed by atoms with Crippen LogP contribution in [0.25, 0.3) is 0 Å². The standard InChI is InChI=1S/C20H26N4O/c1-23(14-18-4-2-3-8-22-18)19-12-20(25-15-19)7-11-24(16-20)13-17-5-9-21-10-6-17/h2-6,8-10,19H,7,11-16H2,1H3. The number of hydrogen-bond donors (Lipinski definition) is 0. The summed E-state index contributed by atoms with van der Waals surface area (Å²) < 4.78 is 6.32. The van der Waals surface area contributed by atoms with Gasteiger partial charge in [0, 0.05) is 50.8 Å². The van der Waals surface area contributed by atoms with Gasteiger partial charge in [0.2, 0.25) is 0 Å². The number of pyridine rings is 2. The summed E-state index contributed by atoms with van der Waals surface area (Å²) in [6.07, 6.45) is 7.85. The Balaban J connectivity index is 1.32. The first-order valence-electron chi connectivity index (χ1n) is 9.08. The molecule has 4 rings (SSSR count). The number of aromatic nitrogens is 2. The first-order valence-corrected chi connectivity index (χ1v) is 9.08. The minimum absolute atomic E-state index is 0.0378. The van der Waals surface area contributed by atoms with Crippen molar-refractivity contribution in [3.63, 3.8) is 0 Å². The van der Waals surface area contributed by atoms with Gasteiger partial charge in [0.05, 0.1) is 17.9 Å². The average Bonchev–Trinajstić information content (AvgIpc) is 3.24. The van der Waals surface area contributed by atoms with Gasteiger partial charge in [-0.05, 0) is 49.7 Å². The predicted molar refractivity (Wildman–Crippen MR) is 96.9 cm³/mol. The van der Waals surface area contributed by atoms with Gasteiger partial charge in [0.15, 0.2) is 0 Å². The third-order valence-electron chi connectivity index (χ3n) is 5.50. The van der Waals surface area contributed by atoms with Crippen LogP contribution < -0.4 is 0 Å². The summed E-state index contributed by atoms with van der Waals surface area (Å²) in [7, 11) is 2.19. The van der Waals surface area contributed by atoms with E-state index in [0.29, 0.717) is 6.04 Å². The van der Waals surface area contributed by atoms with E-state index in [2.05, 4.69) is 51.1 Å². The van der Waals surface area contributed by atoms with Gasteiger partial charge >= 0.3 is 0 Å². The number of nitrogens with zero attached hydrogens (tertiary/aromatic N) is 4. The Morgan fingerprint density at radius 3 is 2.92 bits per heavy atom. The number of rotatable bonds is 5. The van der Waals surface area contributed by atoms with Gasteiger partial charge < -0.3 is 4.74 Å². The Bertz CT molecular complexity index is 681. The molecule has 0 aromatic carbocycles. The Morgan fingerprint density at radius 1 is 1.24 bits per heavy atom. The highest BCUT2D eigenvalue weighted by atomic mass is 16.5. The van der Waals surface area contributed by atoms with Crippen molar-refractivity contribution in [2.45, 2.75) is 37.6 Å². The van der Waals surface area contributed by atoms with Gasteiger partial charge in [-0.1, -0.05) is 6.07 Å². The molecule has 0 bridgehead atoms. The van der Waals surface area contributed by atoms with E-state index in [1.165, 1.54) is 5.56 Å². The summed E-state index contributed by atoms with van der Waals surface area (Å²) in [6.45, 7) is 4.84. The maximum atomic E-state index is 6.32. The van der Waals surface area contributed by atoms with Crippen LogP contribution >= 0.6 is 0 Å². The molecule has 4 heterocycles. The minimum atomic E-state index is 0.0378. The van der Waals surface area contributed by atoms with Crippen LogP contribution in [0.3, 0.4) is 0 Å². The zero-order valence-electron chi connectivity index (χ0n) is 14.8. The molecule has 2 fully saturated rings. The fourth-order valence-corrected chi connectivity index (χ4v) is 4.07. The predicted octanol–water partition coefficient (Wildman–Crippen LogP) is 2.34. The van der Waals surface area contributed by atoms with E-state index in [1.807, 2.05) is 24.7 Å². The molecule has 2 unspecified atom stereocenters. The zero-order chi connectivity index (χ0) is 17.1. The lowest BCUT2D eigenvalue weighted by Crippen LogP contribution is -2.36. The van der Waals surface area contributed by atoms with Gasteiger partial charge in [0.1, 0.15) is 0 Å². The Labute approximate surface area is 149 Å². The molecule has 2 aromatic rings. The molecule has 0 amide bonds. The normalized spacial score (nSPS) is 26.7. The summed E-state index contributed by atoms with van der Waals surface area (Å²) in [5, 5.41) is 0. The molecule has 2 saturated heterocycles. The Morgan fingerprint density at radius 2 is 2.12 bits per heavy atom. The minimum Gasteiger partial charge on any atom is -0.372 e. The second kappa shape index (κ2) is 7.20. The van der Waals surface area contributed by atoms with Crippen LogP contribution in [0.2, 0.25) is 0 Å². The monoisotopic (exact) mass is 338 g/mol. The maximum Gasteiger partial charge on any atom is 0.0837 e. The fourth-order valence-electron chi connectivity index (χ4n) is 4.07. The van der Waals surface area contributed by atoms with Gasteiger partial charge in [-0.25, -0.2) is 0 Å². The van der Waals surface area contributed by atoms with Gasteiger partial charge in [-0.3, -0.25) is 19.8 Å². The Kier molecular flexibility index (Phi) is 4.79. The van der Waals surface area contributed by atoms with Gasteiger partial charge in [-0.2, -0.15) is 0 Å². The topological polar surface area (TPSA) is 41.5 Å². The fraction of sp³-hybridized carbons (Fsp3) is 0.500. The molecule has 5 nitrogen and oxygen atoms in total. The van der Waals surface area contributed by atoms with Crippen molar-refractivity contribution in [2.75, 3.05) is 26.7 Å². The molecule has 2 aliphatic heterocycles. The van der Waals surface area contributed by atoms with Crippen LogP contribution in [0, 0.1) is 0 Å². The van der Waals surface area contributed by atoms with E-state index >= 15 is 0 Å². The summed E-state index contributed by atoms with van der Waals surface area (Å²) in [4.78, 5) is 13.4. The second-order valence-electron chi connectivity index (χ2n) is 7.40. The van der Waals surface area contributed by atoms with Crippen LogP contribution in [-0.4, -0.2) is 58.2 Å². The number of likely N-dealkylation sites (N-methyl/N-ethyl adjacent to an activating group) is 1. The van der Waals surface area contributed by atoms with E-state index in [4.69, 9.17) is 4.74 Å². The van der Waals surface area contributed by atoms with Crippen molar-refractivity contribution in [3.8, 4) is 0 Å². The SMILES string of the molecule is CN(Cc1ccccn1)C1COC2(CCN(Cc3ccncc3)C2)C1. The summed E-state index contributed by atoms with van der Waals surface area (Å²) in [5.41, 5.74) is 2.49. The van der Waals surface area contributed by atoms with Crippen molar-refractivity contribution in [2.24, 2.45) is 0 Å². The number of ether oxygens (including phenoxy) is 1. The van der Waals surface area contributed by atoms with E-state index in [-0.39, 0.29) is 5.60 Å². The van der Waals surface area contributed by atoms with Crippen molar-refractivity contribution in [3.05, 3.63) is 60.2 Å². The molecular weight excluding hydrogens is 312 g/mol. The van der Waals surface area contributed by atoms with Crippen LogP contribution in [0.5, 0.6) is 0 Å². The van der Waals surface area contributed by atoms with E-state index < -0.39 is 0 Å². The number of hydrogen-bond acceptors (Lipinski definition) is 5. The molecule has 5 heteroatoms. The molecule has 0 N–H and O–H groups in total. The van der Waals surface area contributed by atoms with Crippen molar-refractivity contribution < 1.29 is 4.74 Å². The summed E-state index contributed by atoms with van der Waals surface area (Å²) in [6, 6.07) is 10.8. The molecule has 1 spiro atoms. The Hall–Kier alpha value is -1.82. The first kappa shape index (κ1) is 16.6. The van der Waals surface area contributed by atoms with Crippen LogP contribution in [0.15, 0.2) is 48.9 Å². The molecular formula is C20H26N4O. The van der Waals surface area contributed by atoms with Crippen LogP contribution in [0.4, 0.5) is 0 Å². The van der Waals surface area contributed by atoms with Crippen molar-refractivity contribution in [1.82, 2.24) is 19.8 Å². The van der Waals surface area contributed by atoms with Crippen LogP contribution in [-0.2, 0) is 17.8 Å². The molecule has 2 aliphatic rings. The maximum absolute atomic E-state index is 6.32. The first-order chi connectivity index (χ1) is 12.2. The van der Waals surface area contributed by atoms with Crippen LogP contribution in [0.1, 0.15) is 24.1 Å². The molecule has 0 radical (unpaired) electrons. The lowest BCUT2D eigenvalue weighted by molar-refractivity contribution is 0.0102. The summed E-state index contributed by atoms with van der Waals surface area (Å²) >= 11 is 0. The van der Waals surface area contributed by atoms with E-state index in [1.54, 1.807) is 0 Å². The molecule has 25 heavy (non-hydrogen) atoms. The second-order valence-corrected chi connectivity index (χ2v) is 7.40. The number of likely N-dealkylation sites (tertiary alicyclic amines) is 1. The molecule has 2 atom stereocenters. The third-order valence-corrected chi connectivity index (χ3v) is 5.50. The highest BCUT2D eigenvalue weighted by Crippen LogP contribution is 2.37.